The summed E-state index contributed by atoms with van der Waals surface area (Å²) in [5.41, 5.74) is 3.57. The van der Waals surface area contributed by atoms with Gasteiger partial charge in [-0.25, -0.2) is 4.98 Å². The Morgan fingerprint density at radius 1 is 1.50 bits per heavy atom. The predicted octanol–water partition coefficient (Wildman–Crippen LogP) is 3.29. The summed E-state index contributed by atoms with van der Waals surface area (Å²) >= 11 is 0. The molecule has 0 saturated carbocycles. The van der Waals surface area contributed by atoms with E-state index in [2.05, 4.69) is 43.7 Å². The van der Waals surface area contributed by atoms with Crippen LogP contribution < -0.4 is 5.32 Å². The molecule has 0 aromatic carbocycles. The molecule has 1 heterocycles. The second-order valence-electron chi connectivity index (χ2n) is 3.38. The number of hydrogen-bond acceptors (Lipinski definition) is 2. The highest BCUT2D eigenvalue weighted by Crippen LogP contribution is 2.18. The number of anilines is 1. The first-order chi connectivity index (χ1) is 6.69. The number of nitrogens with zero attached hydrogens (tertiary/aromatic N) is 1. The van der Waals surface area contributed by atoms with E-state index in [4.69, 9.17) is 0 Å². The Morgan fingerprint density at radius 3 is 2.79 bits per heavy atom. The quantitative estimate of drug-likeness (QED) is 0.788. The van der Waals surface area contributed by atoms with Crippen LogP contribution in [-0.4, -0.2) is 4.98 Å². The van der Waals surface area contributed by atoms with Crippen LogP contribution in [0.3, 0.4) is 0 Å². The first kappa shape index (κ1) is 10.8. The summed E-state index contributed by atoms with van der Waals surface area (Å²) in [5, 5.41) is 3.23. The van der Waals surface area contributed by atoms with Crippen LogP contribution in [0.4, 0.5) is 5.82 Å². The molecule has 2 nitrogen and oxygen atoms in total. The molecule has 0 aliphatic carbocycles. The van der Waals surface area contributed by atoms with Crippen molar-refractivity contribution in [2.45, 2.75) is 33.6 Å². The fraction of sp³-hybridized carbons (Fsp3) is 0.417. The van der Waals surface area contributed by atoms with Crippen LogP contribution in [0.15, 0.2) is 24.5 Å². The molecule has 2 heteroatoms. The van der Waals surface area contributed by atoms with E-state index in [-0.39, 0.29) is 0 Å². The fourth-order valence-corrected chi connectivity index (χ4v) is 1.34. The minimum atomic E-state index is 0.928. The molecule has 0 radical (unpaired) electrons. The van der Waals surface area contributed by atoms with Crippen molar-refractivity contribution in [1.82, 2.24) is 4.98 Å². The molecule has 1 N–H and O–H groups in total. The lowest BCUT2D eigenvalue weighted by molar-refractivity contribution is 1.06. The molecule has 1 rings (SSSR count). The van der Waals surface area contributed by atoms with Gasteiger partial charge in [0.15, 0.2) is 0 Å². The van der Waals surface area contributed by atoms with Gasteiger partial charge in [-0.05, 0) is 37.0 Å². The van der Waals surface area contributed by atoms with E-state index in [1.165, 1.54) is 11.1 Å². The first-order valence-electron chi connectivity index (χ1n) is 5.08. The lowest BCUT2D eigenvalue weighted by Gasteiger charge is -2.11. The maximum absolute atomic E-state index is 4.30. The van der Waals surface area contributed by atoms with Crippen molar-refractivity contribution in [2.75, 3.05) is 5.32 Å². The highest BCUT2D eigenvalue weighted by molar-refractivity contribution is 5.50. The molecule has 0 spiro atoms. The fourth-order valence-electron chi connectivity index (χ4n) is 1.34. The third kappa shape index (κ3) is 2.34. The van der Waals surface area contributed by atoms with Crippen LogP contribution in [0.25, 0.3) is 0 Å². The molecule has 14 heavy (non-hydrogen) atoms. The molecule has 1 aromatic heterocycles. The largest absolute Gasteiger partial charge is 0.344 e. The highest BCUT2D eigenvalue weighted by Gasteiger charge is 2.03. The Labute approximate surface area is 86.1 Å². The molecule has 0 amide bonds. The number of allylic oxidation sites excluding steroid dienone is 1. The lowest BCUT2D eigenvalue weighted by Crippen LogP contribution is -2.02. The average Bonchev–Trinajstić information content (AvgIpc) is 2.21. The maximum Gasteiger partial charge on any atom is 0.133 e. The minimum absolute atomic E-state index is 0.928. The molecule has 0 bridgehead atoms. The van der Waals surface area contributed by atoms with E-state index in [0.717, 1.165) is 24.4 Å². The van der Waals surface area contributed by atoms with Crippen molar-refractivity contribution in [1.29, 1.82) is 0 Å². The molecular formula is C12H18N2. The van der Waals surface area contributed by atoms with Gasteiger partial charge in [-0.3, -0.25) is 0 Å². The summed E-state index contributed by atoms with van der Waals surface area (Å²) in [6.07, 6.45) is 3.82. The zero-order chi connectivity index (χ0) is 10.6. The summed E-state index contributed by atoms with van der Waals surface area (Å²) in [4.78, 5) is 4.30. The van der Waals surface area contributed by atoms with Gasteiger partial charge in [0, 0.05) is 11.9 Å². The van der Waals surface area contributed by atoms with Crippen LogP contribution in [0.1, 0.15) is 31.4 Å². The van der Waals surface area contributed by atoms with E-state index < -0.39 is 0 Å². The average molecular weight is 190 g/mol. The normalized spacial score (nSPS) is 9.93. The maximum atomic E-state index is 4.30. The number of nitrogens with one attached hydrogen (secondary N) is 1. The van der Waals surface area contributed by atoms with Gasteiger partial charge in [0.05, 0.1) is 0 Å². The van der Waals surface area contributed by atoms with Crippen molar-refractivity contribution < 1.29 is 0 Å². The third-order valence-electron chi connectivity index (χ3n) is 2.42. The second kappa shape index (κ2) is 4.80. The van der Waals surface area contributed by atoms with E-state index in [0.29, 0.717) is 0 Å². The zero-order valence-corrected chi connectivity index (χ0v) is 9.22. The van der Waals surface area contributed by atoms with Crippen molar-refractivity contribution in [3.05, 3.63) is 35.7 Å². The lowest BCUT2D eigenvalue weighted by atomic mass is 10.1. The van der Waals surface area contributed by atoms with Crippen molar-refractivity contribution in [2.24, 2.45) is 0 Å². The van der Waals surface area contributed by atoms with Crippen LogP contribution >= 0.6 is 0 Å². The topological polar surface area (TPSA) is 24.9 Å². The zero-order valence-electron chi connectivity index (χ0n) is 9.22. The summed E-state index contributed by atoms with van der Waals surface area (Å²) in [5.74, 6) is 0.941. The SMILES string of the molecule is C=C(CC)Nc1nccc(CC)c1C. The number of aromatic nitrogens is 1. The molecule has 0 aliphatic rings. The van der Waals surface area contributed by atoms with Crippen LogP contribution in [0, 0.1) is 6.92 Å². The number of aryl methyl sites for hydroxylation is 1. The Morgan fingerprint density at radius 2 is 2.21 bits per heavy atom. The minimum Gasteiger partial charge on any atom is -0.344 e. The predicted molar refractivity (Wildman–Crippen MR) is 61.4 cm³/mol. The van der Waals surface area contributed by atoms with Crippen molar-refractivity contribution >= 4 is 5.82 Å². The summed E-state index contributed by atoms with van der Waals surface area (Å²) in [7, 11) is 0. The molecule has 76 valence electrons. The van der Waals surface area contributed by atoms with E-state index in [1.807, 2.05) is 6.20 Å². The molecular weight excluding hydrogens is 172 g/mol. The molecule has 0 atom stereocenters. The van der Waals surface area contributed by atoms with Gasteiger partial charge in [-0.15, -0.1) is 0 Å². The number of rotatable bonds is 4. The second-order valence-corrected chi connectivity index (χ2v) is 3.38. The van der Waals surface area contributed by atoms with Crippen LogP contribution in [-0.2, 0) is 6.42 Å². The van der Waals surface area contributed by atoms with Gasteiger partial charge < -0.3 is 5.32 Å². The van der Waals surface area contributed by atoms with Gasteiger partial charge in [0.25, 0.3) is 0 Å². The van der Waals surface area contributed by atoms with Gasteiger partial charge in [0.1, 0.15) is 5.82 Å². The molecule has 0 saturated heterocycles. The summed E-state index contributed by atoms with van der Waals surface area (Å²) in [6.45, 7) is 10.2. The number of pyridine rings is 1. The van der Waals surface area contributed by atoms with Gasteiger partial charge >= 0.3 is 0 Å². The summed E-state index contributed by atoms with van der Waals surface area (Å²) < 4.78 is 0. The van der Waals surface area contributed by atoms with E-state index in [1.54, 1.807) is 0 Å². The number of hydrogen-bond donors (Lipinski definition) is 1. The highest BCUT2D eigenvalue weighted by atomic mass is 15.0. The monoisotopic (exact) mass is 190 g/mol. The Balaban J connectivity index is 2.92. The Kier molecular flexibility index (Phi) is 3.69. The van der Waals surface area contributed by atoms with E-state index in [9.17, 15) is 0 Å². The Hall–Kier alpha value is -1.31. The molecule has 0 aliphatic heterocycles. The standard InChI is InChI=1S/C12H18N2/c1-5-9(3)14-12-10(4)11(6-2)7-8-13-12/h7-8H,3,5-6H2,1-2,4H3,(H,13,14). The van der Waals surface area contributed by atoms with Crippen molar-refractivity contribution in [3.63, 3.8) is 0 Å². The summed E-state index contributed by atoms with van der Waals surface area (Å²) in [6, 6.07) is 2.06. The van der Waals surface area contributed by atoms with Gasteiger partial charge in [0.2, 0.25) is 0 Å². The van der Waals surface area contributed by atoms with Crippen LogP contribution in [0.2, 0.25) is 0 Å². The Bertz CT molecular complexity index is 329. The smallest absolute Gasteiger partial charge is 0.133 e. The van der Waals surface area contributed by atoms with Crippen LogP contribution in [0.5, 0.6) is 0 Å². The first-order valence-corrected chi connectivity index (χ1v) is 5.08. The van der Waals surface area contributed by atoms with E-state index >= 15 is 0 Å². The molecule has 1 aromatic rings. The molecule has 0 unspecified atom stereocenters. The van der Waals surface area contributed by atoms with Gasteiger partial charge in [-0.1, -0.05) is 20.4 Å². The van der Waals surface area contributed by atoms with Crippen molar-refractivity contribution in [3.8, 4) is 0 Å². The molecule has 0 fully saturated rings. The van der Waals surface area contributed by atoms with Gasteiger partial charge in [-0.2, -0.15) is 0 Å². The third-order valence-corrected chi connectivity index (χ3v) is 2.42.